The summed E-state index contributed by atoms with van der Waals surface area (Å²) in [5.74, 6) is -2.59. The van der Waals surface area contributed by atoms with Crippen molar-refractivity contribution < 1.29 is 18.0 Å². The molecule has 0 saturated carbocycles. The van der Waals surface area contributed by atoms with Gasteiger partial charge in [0.05, 0.1) is 11.6 Å². The van der Waals surface area contributed by atoms with E-state index in [4.69, 9.17) is 0 Å². The summed E-state index contributed by atoms with van der Waals surface area (Å²) in [6.07, 6.45) is 0. The molecule has 0 radical (unpaired) electrons. The molecule has 0 aliphatic rings. The second-order valence-electron chi connectivity index (χ2n) is 4.37. The zero-order valence-corrected chi connectivity index (χ0v) is 10.7. The van der Waals surface area contributed by atoms with Crippen molar-refractivity contribution in [2.24, 2.45) is 0 Å². The second-order valence-corrected chi connectivity index (χ2v) is 4.37. The van der Waals surface area contributed by atoms with Gasteiger partial charge in [0.15, 0.2) is 0 Å². The van der Waals surface area contributed by atoms with Crippen LogP contribution in [-0.2, 0) is 0 Å². The lowest BCUT2D eigenvalue weighted by molar-refractivity contribution is 0.0935. The number of hydrogen-bond donors (Lipinski definition) is 1. The van der Waals surface area contributed by atoms with E-state index in [-0.39, 0.29) is 11.4 Å². The molecule has 0 unspecified atom stereocenters. The highest BCUT2D eigenvalue weighted by atomic mass is 19.1. The molecule has 0 bridgehead atoms. The van der Waals surface area contributed by atoms with E-state index in [2.05, 4.69) is 5.32 Å². The molecule has 0 aliphatic heterocycles. The van der Waals surface area contributed by atoms with Crippen molar-refractivity contribution in [3.8, 4) is 0 Å². The van der Waals surface area contributed by atoms with E-state index in [0.717, 1.165) is 18.2 Å². The summed E-state index contributed by atoms with van der Waals surface area (Å²) in [7, 11) is 0. The average Bonchev–Trinajstić information content (AvgIpc) is 2.42. The number of amides is 1. The van der Waals surface area contributed by atoms with Crippen LogP contribution in [0.2, 0.25) is 0 Å². The lowest BCUT2D eigenvalue weighted by atomic mass is 10.1. The quantitative estimate of drug-likeness (QED) is 0.914. The van der Waals surface area contributed by atoms with Gasteiger partial charge in [0.1, 0.15) is 17.5 Å². The summed E-state index contributed by atoms with van der Waals surface area (Å²) < 4.78 is 39.3. The number of rotatable bonds is 3. The lowest BCUT2D eigenvalue weighted by Crippen LogP contribution is -2.27. The van der Waals surface area contributed by atoms with Crippen molar-refractivity contribution in [3.63, 3.8) is 0 Å². The smallest absolute Gasteiger partial charge is 0.254 e. The van der Waals surface area contributed by atoms with Crippen molar-refractivity contribution in [2.45, 2.75) is 13.0 Å². The minimum absolute atomic E-state index is 0.362. The molecule has 0 fully saturated rings. The number of hydrogen-bond acceptors (Lipinski definition) is 1. The summed E-state index contributed by atoms with van der Waals surface area (Å²) in [6.45, 7) is 1.67. The third-order valence-electron chi connectivity index (χ3n) is 2.89. The predicted octanol–water partition coefficient (Wildman–Crippen LogP) is 3.59. The van der Waals surface area contributed by atoms with Gasteiger partial charge >= 0.3 is 0 Å². The molecular formula is C15H12F3NO. The fourth-order valence-electron chi connectivity index (χ4n) is 1.78. The largest absolute Gasteiger partial charge is 0.345 e. The molecule has 0 aromatic heterocycles. The van der Waals surface area contributed by atoms with Crippen molar-refractivity contribution >= 4 is 5.91 Å². The molecule has 20 heavy (non-hydrogen) atoms. The van der Waals surface area contributed by atoms with E-state index in [1.807, 2.05) is 0 Å². The zero-order chi connectivity index (χ0) is 14.7. The van der Waals surface area contributed by atoms with Crippen LogP contribution in [-0.4, -0.2) is 5.91 Å². The fraction of sp³-hybridized carbons (Fsp3) is 0.133. The van der Waals surface area contributed by atoms with Crippen molar-refractivity contribution in [3.05, 3.63) is 71.0 Å². The zero-order valence-electron chi connectivity index (χ0n) is 10.7. The van der Waals surface area contributed by atoms with E-state index in [1.165, 1.54) is 24.3 Å². The lowest BCUT2D eigenvalue weighted by Gasteiger charge is -2.14. The Hall–Kier alpha value is -2.30. The molecule has 104 valence electrons. The van der Waals surface area contributed by atoms with E-state index in [9.17, 15) is 18.0 Å². The van der Waals surface area contributed by atoms with Gasteiger partial charge < -0.3 is 5.32 Å². The van der Waals surface area contributed by atoms with Crippen LogP contribution < -0.4 is 5.32 Å². The Balaban J connectivity index is 2.15. The first-order valence-electron chi connectivity index (χ1n) is 5.99. The summed E-state index contributed by atoms with van der Waals surface area (Å²) in [4.78, 5) is 11.9. The normalized spacial score (nSPS) is 12.0. The van der Waals surface area contributed by atoms with Gasteiger partial charge in [-0.1, -0.05) is 12.1 Å². The van der Waals surface area contributed by atoms with Crippen LogP contribution in [0.15, 0.2) is 42.5 Å². The second kappa shape index (κ2) is 5.77. The Kier molecular flexibility index (Phi) is 4.08. The topological polar surface area (TPSA) is 29.1 Å². The first-order valence-corrected chi connectivity index (χ1v) is 5.99. The number of benzene rings is 2. The maximum absolute atomic E-state index is 13.4. The average molecular weight is 279 g/mol. The van der Waals surface area contributed by atoms with Crippen molar-refractivity contribution in [1.82, 2.24) is 5.32 Å². The van der Waals surface area contributed by atoms with Crippen LogP contribution in [0.1, 0.15) is 28.9 Å². The maximum atomic E-state index is 13.4. The summed E-state index contributed by atoms with van der Waals surface area (Å²) >= 11 is 0. The number of carbonyl (C=O) groups excluding carboxylic acids is 1. The highest BCUT2D eigenvalue weighted by Crippen LogP contribution is 2.15. The molecule has 2 nitrogen and oxygen atoms in total. The van der Waals surface area contributed by atoms with Crippen LogP contribution in [0.4, 0.5) is 13.2 Å². The predicted molar refractivity (Wildman–Crippen MR) is 68.6 cm³/mol. The Bertz CT molecular complexity index is 626. The Morgan fingerprint density at radius 1 is 1.00 bits per heavy atom. The van der Waals surface area contributed by atoms with E-state index in [1.54, 1.807) is 6.92 Å². The minimum Gasteiger partial charge on any atom is -0.345 e. The highest BCUT2D eigenvalue weighted by Gasteiger charge is 2.16. The summed E-state index contributed by atoms with van der Waals surface area (Å²) in [5, 5.41) is 2.53. The van der Waals surface area contributed by atoms with Crippen molar-refractivity contribution in [2.75, 3.05) is 0 Å². The molecule has 0 spiro atoms. The van der Waals surface area contributed by atoms with Gasteiger partial charge in [0.25, 0.3) is 5.91 Å². The van der Waals surface area contributed by atoms with Gasteiger partial charge in [-0.2, -0.15) is 0 Å². The molecule has 1 amide bonds. The molecule has 1 atom stereocenters. The van der Waals surface area contributed by atoms with Crippen LogP contribution in [0.3, 0.4) is 0 Å². The third-order valence-corrected chi connectivity index (χ3v) is 2.89. The number of halogens is 3. The Labute approximate surface area is 114 Å². The van der Waals surface area contributed by atoms with E-state index in [0.29, 0.717) is 5.56 Å². The monoisotopic (exact) mass is 279 g/mol. The fourth-order valence-corrected chi connectivity index (χ4v) is 1.78. The minimum atomic E-state index is -0.796. The van der Waals surface area contributed by atoms with Crippen LogP contribution in [0, 0.1) is 17.5 Å². The highest BCUT2D eigenvalue weighted by molar-refractivity contribution is 5.94. The first kappa shape index (κ1) is 14.1. The molecule has 2 rings (SSSR count). The van der Waals surface area contributed by atoms with Gasteiger partial charge in [0, 0.05) is 0 Å². The Morgan fingerprint density at radius 3 is 2.25 bits per heavy atom. The van der Waals surface area contributed by atoms with Crippen LogP contribution >= 0.6 is 0 Å². The molecule has 1 N–H and O–H groups in total. The van der Waals surface area contributed by atoms with Gasteiger partial charge in [-0.3, -0.25) is 4.79 Å². The number of nitrogens with one attached hydrogen (secondary N) is 1. The number of carbonyl (C=O) groups is 1. The standard InChI is InChI=1S/C15H12F3NO/c1-9(10-2-4-11(16)5-3-10)19-15(20)13-8-12(17)6-7-14(13)18/h2-9H,1H3,(H,19,20)/t9-/m0/s1. The molecule has 0 saturated heterocycles. The molecule has 0 heterocycles. The van der Waals surface area contributed by atoms with Crippen LogP contribution in [0.25, 0.3) is 0 Å². The Morgan fingerprint density at radius 2 is 1.60 bits per heavy atom. The van der Waals surface area contributed by atoms with Crippen molar-refractivity contribution in [1.29, 1.82) is 0 Å². The molecular weight excluding hydrogens is 267 g/mol. The molecule has 2 aromatic carbocycles. The third kappa shape index (κ3) is 3.17. The summed E-state index contributed by atoms with van der Waals surface area (Å²) in [5.41, 5.74) is 0.301. The first-order chi connectivity index (χ1) is 9.47. The molecule has 0 aliphatic carbocycles. The maximum Gasteiger partial charge on any atom is 0.254 e. The van der Waals surface area contributed by atoms with Gasteiger partial charge in [-0.15, -0.1) is 0 Å². The molecule has 2 aromatic rings. The van der Waals surface area contributed by atoms with Gasteiger partial charge in [0.2, 0.25) is 0 Å². The molecule has 5 heteroatoms. The van der Waals surface area contributed by atoms with Gasteiger partial charge in [-0.05, 0) is 42.8 Å². The van der Waals surface area contributed by atoms with Gasteiger partial charge in [-0.25, -0.2) is 13.2 Å². The van der Waals surface area contributed by atoms with E-state index < -0.39 is 23.6 Å². The van der Waals surface area contributed by atoms with Crippen LogP contribution in [0.5, 0.6) is 0 Å². The SMILES string of the molecule is C[C@H](NC(=O)c1cc(F)ccc1F)c1ccc(F)cc1. The summed E-state index contributed by atoms with van der Waals surface area (Å²) in [6, 6.07) is 7.78. The van der Waals surface area contributed by atoms with E-state index >= 15 is 0 Å².